The van der Waals surface area contributed by atoms with Crippen LogP contribution in [0.4, 0.5) is 14.5 Å². The molecule has 2 aromatic carbocycles. The minimum atomic E-state index is -1.43. The predicted molar refractivity (Wildman–Crippen MR) is 107 cm³/mol. The van der Waals surface area contributed by atoms with Gasteiger partial charge >= 0.3 is 5.97 Å². The Morgan fingerprint density at radius 2 is 1.90 bits per heavy atom. The molecule has 3 N–H and O–H groups in total. The van der Waals surface area contributed by atoms with Crippen LogP contribution in [0.3, 0.4) is 0 Å². The number of carbonyl (C=O) groups is 2. The largest absolute Gasteiger partial charge is 0.503 e. The Kier molecular flexibility index (Phi) is 4.75. The van der Waals surface area contributed by atoms with E-state index in [1.165, 1.54) is 11.4 Å². The fourth-order valence-corrected chi connectivity index (χ4v) is 4.05. The third-order valence-corrected chi connectivity index (χ3v) is 5.47. The summed E-state index contributed by atoms with van der Waals surface area (Å²) in [6.07, 6.45) is 0. The number of fused-ring (bicyclic) bond motifs is 1. The number of rotatable bonds is 4. The Hall–Kier alpha value is -3.72. The Balaban J connectivity index is 1.72. The van der Waals surface area contributed by atoms with E-state index in [4.69, 9.17) is 4.42 Å². The number of aromatic carboxylic acids is 1. The van der Waals surface area contributed by atoms with E-state index in [-0.39, 0.29) is 27.5 Å². The van der Waals surface area contributed by atoms with Crippen molar-refractivity contribution in [1.82, 2.24) is 0 Å². The summed E-state index contributed by atoms with van der Waals surface area (Å²) >= 11 is 0.831. The predicted octanol–water partition coefficient (Wildman–Crippen LogP) is 5.40. The first-order valence-electron chi connectivity index (χ1n) is 8.60. The lowest BCUT2D eigenvalue weighted by Gasteiger charge is -2.07. The number of hydrogen-bond donors (Lipinski definition) is 3. The molecule has 0 saturated heterocycles. The first-order valence-corrected chi connectivity index (χ1v) is 9.48. The van der Waals surface area contributed by atoms with E-state index in [0.29, 0.717) is 11.0 Å². The van der Waals surface area contributed by atoms with Gasteiger partial charge in [-0.05, 0) is 37.3 Å². The number of thiophene rings is 1. The molecule has 4 aromatic rings. The fourth-order valence-electron chi connectivity index (χ4n) is 3.04. The van der Waals surface area contributed by atoms with Crippen molar-refractivity contribution in [3.8, 4) is 16.2 Å². The average Bonchev–Trinajstić information content (AvgIpc) is 3.30. The summed E-state index contributed by atoms with van der Waals surface area (Å²) in [4.78, 5) is 24.3. The summed E-state index contributed by atoms with van der Waals surface area (Å²) in [7, 11) is 0. The maximum Gasteiger partial charge on any atom is 0.339 e. The Labute approximate surface area is 172 Å². The smallest absolute Gasteiger partial charge is 0.339 e. The highest BCUT2D eigenvalue weighted by atomic mass is 32.1. The third-order valence-electron chi connectivity index (χ3n) is 4.46. The van der Waals surface area contributed by atoms with E-state index in [9.17, 15) is 28.6 Å². The first-order chi connectivity index (χ1) is 14.3. The lowest BCUT2D eigenvalue weighted by Crippen LogP contribution is -2.13. The standard InChI is InChI=1S/C21H13F2NO5S/c1-9-2-5-14-10(6-9)7-15(29-14)20(26)24-13-8-30-19(16(13)21(27)28)11-3-4-12(22)18(25)17(11)23/h2-8,25H,1H3,(H,24,26)(H,27,28). The second-order valence-electron chi connectivity index (χ2n) is 6.52. The summed E-state index contributed by atoms with van der Waals surface area (Å²) in [6.45, 7) is 1.89. The molecule has 152 valence electrons. The molecular formula is C21H13F2NO5S. The zero-order chi connectivity index (χ0) is 21.6. The lowest BCUT2D eigenvalue weighted by molar-refractivity contribution is 0.0699. The zero-order valence-corrected chi connectivity index (χ0v) is 16.1. The van der Waals surface area contributed by atoms with Crippen LogP contribution in [-0.4, -0.2) is 22.1 Å². The molecule has 0 radical (unpaired) electrons. The van der Waals surface area contributed by atoms with Crippen LogP contribution in [0.15, 0.2) is 46.2 Å². The molecule has 0 bridgehead atoms. The highest BCUT2D eigenvalue weighted by molar-refractivity contribution is 7.14. The van der Waals surface area contributed by atoms with Crippen molar-refractivity contribution in [2.45, 2.75) is 6.92 Å². The monoisotopic (exact) mass is 429 g/mol. The SMILES string of the molecule is Cc1ccc2oc(C(=O)Nc3csc(-c4ccc(F)c(O)c4F)c3C(=O)O)cc2c1. The number of aryl methyl sites for hydroxylation is 1. The molecule has 2 heterocycles. The maximum absolute atomic E-state index is 14.3. The first kappa shape index (κ1) is 19.6. The molecule has 1 amide bonds. The molecule has 0 unspecified atom stereocenters. The molecule has 30 heavy (non-hydrogen) atoms. The number of carboxylic acids is 1. The molecule has 4 rings (SSSR count). The molecule has 0 aliphatic rings. The van der Waals surface area contributed by atoms with Gasteiger partial charge in [0.2, 0.25) is 0 Å². The molecule has 2 aromatic heterocycles. The normalized spacial score (nSPS) is 11.0. The van der Waals surface area contributed by atoms with Crippen LogP contribution in [0.25, 0.3) is 21.4 Å². The van der Waals surface area contributed by atoms with Crippen molar-refractivity contribution in [3.63, 3.8) is 0 Å². The number of carboxylic acid groups (broad SMARTS) is 1. The highest BCUT2D eigenvalue weighted by Gasteiger charge is 2.25. The fraction of sp³-hybridized carbons (Fsp3) is 0.0476. The van der Waals surface area contributed by atoms with Gasteiger partial charge in [0, 0.05) is 16.3 Å². The molecule has 0 spiro atoms. The Morgan fingerprint density at radius 1 is 1.13 bits per heavy atom. The van der Waals surface area contributed by atoms with Gasteiger partial charge in [-0.1, -0.05) is 11.6 Å². The second kappa shape index (κ2) is 7.27. The summed E-state index contributed by atoms with van der Waals surface area (Å²) < 4.78 is 33.1. The van der Waals surface area contributed by atoms with Gasteiger partial charge in [-0.25, -0.2) is 13.6 Å². The van der Waals surface area contributed by atoms with Crippen molar-refractivity contribution in [2.24, 2.45) is 0 Å². The maximum atomic E-state index is 14.3. The summed E-state index contributed by atoms with van der Waals surface area (Å²) in [5.74, 6) is -5.79. The van der Waals surface area contributed by atoms with E-state index in [2.05, 4.69) is 5.32 Å². The topological polar surface area (TPSA) is 99.8 Å². The van der Waals surface area contributed by atoms with Crippen LogP contribution in [0.5, 0.6) is 5.75 Å². The number of aromatic hydroxyl groups is 1. The van der Waals surface area contributed by atoms with E-state index in [1.807, 2.05) is 19.1 Å². The molecule has 0 aliphatic carbocycles. The summed E-state index contributed by atoms with van der Waals surface area (Å²) in [6, 6.07) is 8.77. The number of furan rings is 1. The van der Waals surface area contributed by atoms with Gasteiger partial charge < -0.3 is 19.9 Å². The van der Waals surface area contributed by atoms with Crippen molar-refractivity contribution in [3.05, 3.63) is 70.3 Å². The van der Waals surface area contributed by atoms with E-state index in [1.54, 1.807) is 6.07 Å². The third kappa shape index (κ3) is 3.29. The minimum Gasteiger partial charge on any atom is -0.503 e. The minimum absolute atomic E-state index is 0.0229. The molecule has 0 fully saturated rings. The number of phenolic OH excluding ortho intramolecular Hbond substituents is 1. The van der Waals surface area contributed by atoms with Gasteiger partial charge in [-0.2, -0.15) is 0 Å². The van der Waals surface area contributed by atoms with Gasteiger partial charge in [-0.3, -0.25) is 4.79 Å². The van der Waals surface area contributed by atoms with Gasteiger partial charge in [0.15, 0.2) is 23.1 Å². The lowest BCUT2D eigenvalue weighted by atomic mass is 10.1. The van der Waals surface area contributed by atoms with Crippen LogP contribution in [0.1, 0.15) is 26.5 Å². The van der Waals surface area contributed by atoms with E-state index >= 15 is 0 Å². The average molecular weight is 429 g/mol. The molecular weight excluding hydrogens is 416 g/mol. The number of anilines is 1. The van der Waals surface area contributed by atoms with Gasteiger partial charge in [0.25, 0.3) is 5.91 Å². The number of benzene rings is 2. The Morgan fingerprint density at radius 3 is 2.63 bits per heavy atom. The van der Waals surface area contributed by atoms with E-state index in [0.717, 1.165) is 29.0 Å². The van der Waals surface area contributed by atoms with Gasteiger partial charge in [0.05, 0.1) is 10.6 Å². The molecule has 9 heteroatoms. The molecule has 6 nitrogen and oxygen atoms in total. The van der Waals surface area contributed by atoms with Gasteiger partial charge in [0.1, 0.15) is 11.1 Å². The van der Waals surface area contributed by atoms with Crippen LogP contribution in [0.2, 0.25) is 0 Å². The van der Waals surface area contributed by atoms with Crippen molar-refractivity contribution >= 4 is 39.9 Å². The molecule has 0 aliphatic heterocycles. The number of carbonyl (C=O) groups excluding carboxylic acids is 1. The number of nitrogens with one attached hydrogen (secondary N) is 1. The van der Waals surface area contributed by atoms with Crippen LogP contribution < -0.4 is 5.32 Å². The van der Waals surface area contributed by atoms with Gasteiger partial charge in [-0.15, -0.1) is 11.3 Å². The zero-order valence-electron chi connectivity index (χ0n) is 15.3. The molecule has 0 atom stereocenters. The van der Waals surface area contributed by atoms with Crippen molar-refractivity contribution in [1.29, 1.82) is 0 Å². The van der Waals surface area contributed by atoms with Crippen LogP contribution >= 0.6 is 11.3 Å². The van der Waals surface area contributed by atoms with Crippen LogP contribution in [-0.2, 0) is 0 Å². The van der Waals surface area contributed by atoms with Crippen molar-refractivity contribution in [2.75, 3.05) is 5.32 Å². The summed E-state index contributed by atoms with van der Waals surface area (Å²) in [5, 5.41) is 23.6. The molecule has 0 saturated carbocycles. The quantitative estimate of drug-likeness (QED) is 0.403. The Bertz CT molecular complexity index is 1320. The second-order valence-corrected chi connectivity index (χ2v) is 7.40. The summed E-state index contributed by atoms with van der Waals surface area (Å²) in [5.41, 5.74) is 0.725. The van der Waals surface area contributed by atoms with Crippen LogP contribution in [0, 0.1) is 18.6 Å². The van der Waals surface area contributed by atoms with Crippen molar-refractivity contribution < 1.29 is 33.0 Å². The number of hydrogen-bond acceptors (Lipinski definition) is 5. The number of halogens is 2. The van der Waals surface area contributed by atoms with E-state index < -0.39 is 29.3 Å². The number of amides is 1. The number of phenols is 1. The highest BCUT2D eigenvalue weighted by Crippen LogP contribution is 2.40.